The molecule has 0 spiro atoms. The normalized spacial score (nSPS) is 25.3. The Bertz CT molecular complexity index is 688. The van der Waals surface area contributed by atoms with Crippen LogP contribution in [0.25, 0.3) is 0 Å². The maximum atomic E-state index is 11.7. The Morgan fingerprint density at radius 2 is 1.45 bits per heavy atom. The van der Waals surface area contributed by atoms with Crippen LogP contribution in [-0.2, 0) is 47.6 Å². The molecule has 1 aliphatic rings. The van der Waals surface area contributed by atoms with E-state index >= 15 is 0 Å². The molecule has 0 saturated carbocycles. The van der Waals surface area contributed by atoms with E-state index in [1.165, 1.54) is 6.92 Å². The molecule has 0 aromatic heterocycles. The van der Waals surface area contributed by atoms with Gasteiger partial charge in [0.25, 0.3) is 0 Å². The number of nitrogens with zero attached hydrogens (tertiary/aromatic N) is 1. The van der Waals surface area contributed by atoms with E-state index in [0.29, 0.717) is 13.1 Å². The van der Waals surface area contributed by atoms with Gasteiger partial charge >= 0.3 is 23.9 Å². The van der Waals surface area contributed by atoms with Gasteiger partial charge in [-0.3, -0.25) is 24.1 Å². The van der Waals surface area contributed by atoms with Crippen LogP contribution in [0.15, 0.2) is 0 Å². The molecule has 0 radical (unpaired) electrons. The van der Waals surface area contributed by atoms with Crippen LogP contribution in [0.4, 0.5) is 0 Å². The van der Waals surface area contributed by atoms with Gasteiger partial charge in [-0.25, -0.2) is 0 Å². The lowest BCUT2D eigenvalue weighted by Gasteiger charge is -2.44. The van der Waals surface area contributed by atoms with Gasteiger partial charge in [-0.05, 0) is 7.05 Å². The average molecular weight is 443 g/mol. The Balaban J connectivity index is 3.17. The zero-order chi connectivity index (χ0) is 23.6. The summed E-state index contributed by atoms with van der Waals surface area (Å²) >= 11 is 0. The smallest absolute Gasteiger partial charge is 0.303 e. The molecule has 0 unspecified atom stereocenters. The fourth-order valence-electron chi connectivity index (χ4n) is 2.88. The second kappa shape index (κ2) is 12.9. The first-order valence-corrected chi connectivity index (χ1v) is 9.59. The quantitative estimate of drug-likeness (QED) is 0.250. The van der Waals surface area contributed by atoms with Gasteiger partial charge in [-0.2, -0.15) is 0 Å². The lowest BCUT2D eigenvalue weighted by molar-refractivity contribution is -0.308. The molecule has 0 amide bonds. The van der Waals surface area contributed by atoms with Gasteiger partial charge in [0.05, 0.1) is 13.2 Å². The first kappa shape index (κ1) is 26.4. The number of hydrogen-bond acceptors (Lipinski definition) is 11. The molecule has 1 heterocycles. The number of terminal acetylenes is 1. The summed E-state index contributed by atoms with van der Waals surface area (Å²) in [4.78, 5) is 48.2. The van der Waals surface area contributed by atoms with Gasteiger partial charge < -0.3 is 28.4 Å². The largest absolute Gasteiger partial charge is 0.463 e. The number of carbonyl (C=O) groups excluding carboxylic acids is 4. The molecule has 1 rings (SSSR count). The van der Waals surface area contributed by atoms with Crippen LogP contribution in [-0.4, -0.2) is 92.8 Å². The highest BCUT2D eigenvalue weighted by molar-refractivity contribution is 5.68. The van der Waals surface area contributed by atoms with Gasteiger partial charge in [0, 0.05) is 34.2 Å². The molecule has 0 aromatic rings. The fraction of sp³-hybridized carbons (Fsp3) is 0.700. The molecule has 0 N–H and O–H groups in total. The minimum absolute atomic E-state index is 0.131. The zero-order valence-electron chi connectivity index (χ0n) is 18.3. The van der Waals surface area contributed by atoms with Crippen molar-refractivity contribution >= 4 is 23.9 Å². The van der Waals surface area contributed by atoms with Crippen LogP contribution >= 0.6 is 0 Å². The lowest BCUT2D eigenvalue weighted by atomic mass is 9.98. The molecule has 11 nitrogen and oxygen atoms in total. The highest BCUT2D eigenvalue weighted by Gasteiger charge is 2.52. The second-order valence-corrected chi connectivity index (χ2v) is 6.88. The summed E-state index contributed by atoms with van der Waals surface area (Å²) in [5.74, 6) is -0.198. The Kier molecular flexibility index (Phi) is 11.0. The summed E-state index contributed by atoms with van der Waals surface area (Å²) in [5, 5.41) is 0. The Morgan fingerprint density at radius 1 is 0.903 bits per heavy atom. The molecule has 0 aromatic carbocycles. The number of carbonyl (C=O) groups is 4. The number of ether oxygens (including phenoxy) is 6. The van der Waals surface area contributed by atoms with Gasteiger partial charge in [-0.1, -0.05) is 5.92 Å². The van der Waals surface area contributed by atoms with Crippen molar-refractivity contribution in [2.45, 2.75) is 58.4 Å². The van der Waals surface area contributed by atoms with E-state index in [1.54, 1.807) is 7.05 Å². The number of likely N-dealkylation sites (N-methyl/N-ethyl adjacent to an activating group) is 1. The van der Waals surface area contributed by atoms with Gasteiger partial charge in [-0.15, -0.1) is 6.42 Å². The molecular weight excluding hydrogens is 414 g/mol. The first-order chi connectivity index (χ1) is 14.5. The summed E-state index contributed by atoms with van der Waals surface area (Å²) in [6.45, 7) is 5.30. The van der Waals surface area contributed by atoms with Crippen molar-refractivity contribution in [2.75, 3.05) is 33.4 Å². The third kappa shape index (κ3) is 9.33. The van der Waals surface area contributed by atoms with Crippen molar-refractivity contribution in [3.05, 3.63) is 0 Å². The van der Waals surface area contributed by atoms with Gasteiger partial charge in [0.2, 0.25) is 0 Å². The van der Waals surface area contributed by atoms with Crippen molar-refractivity contribution in [1.29, 1.82) is 0 Å². The van der Waals surface area contributed by atoms with Crippen molar-refractivity contribution in [3.8, 4) is 12.3 Å². The topological polar surface area (TPSA) is 127 Å². The standard InChI is InChI=1S/C20H29NO10/c1-7-8-21(6)9-10-26-20-19(30-15(5)25)18(29-14(4)24)17(28-13(3)23)16(31-20)11-27-12(2)22/h1,16-20H,8-11H2,2-6H3/t16-,17-,18+,19-,20-/m1/s1. The van der Waals surface area contributed by atoms with E-state index in [2.05, 4.69) is 5.92 Å². The van der Waals surface area contributed by atoms with Gasteiger partial charge in [0.1, 0.15) is 12.7 Å². The summed E-state index contributed by atoms with van der Waals surface area (Å²) in [6, 6.07) is 0. The molecule has 31 heavy (non-hydrogen) atoms. The lowest BCUT2D eigenvalue weighted by Crippen LogP contribution is -2.63. The Hall–Kier alpha value is -2.68. The molecule has 0 bridgehead atoms. The van der Waals surface area contributed by atoms with E-state index in [9.17, 15) is 19.2 Å². The van der Waals surface area contributed by atoms with Crippen LogP contribution in [0.5, 0.6) is 0 Å². The second-order valence-electron chi connectivity index (χ2n) is 6.88. The first-order valence-electron chi connectivity index (χ1n) is 9.59. The van der Waals surface area contributed by atoms with Crippen molar-refractivity contribution in [3.63, 3.8) is 0 Å². The maximum absolute atomic E-state index is 11.7. The molecule has 11 heteroatoms. The van der Waals surface area contributed by atoms with E-state index in [4.69, 9.17) is 34.8 Å². The van der Waals surface area contributed by atoms with E-state index in [-0.39, 0.29) is 13.2 Å². The van der Waals surface area contributed by atoms with Gasteiger partial charge in [0.15, 0.2) is 24.6 Å². The number of rotatable bonds is 10. The molecule has 0 aliphatic carbocycles. The molecular formula is C20H29NO10. The van der Waals surface area contributed by atoms with Crippen molar-refractivity contribution < 1.29 is 47.6 Å². The van der Waals surface area contributed by atoms with Crippen LogP contribution in [0, 0.1) is 12.3 Å². The summed E-state index contributed by atoms with van der Waals surface area (Å²) < 4.78 is 32.4. The van der Waals surface area contributed by atoms with E-state index < -0.39 is 54.6 Å². The number of hydrogen-bond donors (Lipinski definition) is 0. The summed E-state index contributed by atoms with van der Waals surface area (Å²) in [6.07, 6.45) is -0.677. The average Bonchev–Trinajstić information content (AvgIpc) is 2.63. The van der Waals surface area contributed by atoms with Crippen LogP contribution in [0.1, 0.15) is 27.7 Å². The molecule has 5 atom stereocenters. The zero-order valence-corrected chi connectivity index (χ0v) is 18.3. The predicted molar refractivity (Wildman–Crippen MR) is 104 cm³/mol. The summed E-state index contributed by atoms with van der Waals surface area (Å²) in [7, 11) is 1.79. The molecule has 174 valence electrons. The third-order valence-corrected chi connectivity index (χ3v) is 4.06. The minimum atomic E-state index is -1.26. The Morgan fingerprint density at radius 3 is 1.97 bits per heavy atom. The predicted octanol–water partition coefficient (Wildman–Crippen LogP) is -0.349. The van der Waals surface area contributed by atoms with Crippen LogP contribution in [0.3, 0.4) is 0 Å². The maximum Gasteiger partial charge on any atom is 0.303 e. The molecule has 1 aliphatic heterocycles. The SMILES string of the molecule is C#CCN(C)CCO[C@@H]1O[C@H](COC(C)=O)[C@@H](OC(C)=O)[C@H](OC(C)=O)[C@H]1OC(C)=O. The molecule has 1 fully saturated rings. The van der Waals surface area contributed by atoms with Crippen molar-refractivity contribution in [2.24, 2.45) is 0 Å². The van der Waals surface area contributed by atoms with E-state index in [1.807, 2.05) is 4.90 Å². The highest BCUT2D eigenvalue weighted by Crippen LogP contribution is 2.29. The van der Waals surface area contributed by atoms with Crippen LogP contribution < -0.4 is 0 Å². The number of esters is 4. The minimum Gasteiger partial charge on any atom is -0.463 e. The Labute approximate surface area is 181 Å². The third-order valence-electron chi connectivity index (χ3n) is 4.06. The monoisotopic (exact) mass is 443 g/mol. The van der Waals surface area contributed by atoms with Crippen molar-refractivity contribution in [1.82, 2.24) is 4.90 Å². The highest BCUT2D eigenvalue weighted by atomic mass is 16.7. The molecule has 1 saturated heterocycles. The van der Waals surface area contributed by atoms with Crippen LogP contribution in [0.2, 0.25) is 0 Å². The summed E-state index contributed by atoms with van der Waals surface area (Å²) in [5.41, 5.74) is 0. The fourth-order valence-corrected chi connectivity index (χ4v) is 2.88. The van der Waals surface area contributed by atoms with E-state index in [0.717, 1.165) is 20.8 Å².